The number of anilines is 1. The fourth-order valence-electron chi connectivity index (χ4n) is 0.917. The smallest absolute Gasteiger partial charge is 0.250 e. The van der Waals surface area contributed by atoms with E-state index < -0.39 is 11.7 Å². The zero-order valence-corrected chi connectivity index (χ0v) is 6.60. The standard InChI is InChI=1S/C8H9FN2O/c1-4-2-3-5(8(11)12)7(10)6(4)9/h2-3H,10H2,1H3,(H2,11,12). The number of hydrogen-bond donors (Lipinski definition) is 2. The van der Waals surface area contributed by atoms with Crippen LogP contribution in [-0.4, -0.2) is 5.91 Å². The summed E-state index contributed by atoms with van der Waals surface area (Å²) >= 11 is 0. The molecule has 3 nitrogen and oxygen atoms in total. The molecule has 0 aromatic heterocycles. The van der Waals surface area contributed by atoms with E-state index in [9.17, 15) is 9.18 Å². The van der Waals surface area contributed by atoms with Crippen molar-refractivity contribution in [1.29, 1.82) is 0 Å². The van der Waals surface area contributed by atoms with Crippen LogP contribution in [0.4, 0.5) is 10.1 Å². The molecule has 1 aromatic carbocycles. The lowest BCUT2D eigenvalue weighted by molar-refractivity contribution is 0.100. The minimum Gasteiger partial charge on any atom is -0.396 e. The van der Waals surface area contributed by atoms with Crippen LogP contribution in [0.2, 0.25) is 0 Å². The van der Waals surface area contributed by atoms with Crippen molar-refractivity contribution in [2.45, 2.75) is 6.92 Å². The topological polar surface area (TPSA) is 69.1 Å². The second-order valence-electron chi connectivity index (χ2n) is 2.52. The van der Waals surface area contributed by atoms with E-state index in [4.69, 9.17) is 11.5 Å². The highest BCUT2D eigenvalue weighted by Crippen LogP contribution is 2.18. The fraction of sp³-hybridized carbons (Fsp3) is 0.125. The molecule has 0 saturated heterocycles. The number of carbonyl (C=O) groups excluding carboxylic acids is 1. The van der Waals surface area contributed by atoms with Crippen LogP contribution >= 0.6 is 0 Å². The van der Waals surface area contributed by atoms with E-state index in [-0.39, 0.29) is 11.3 Å². The van der Waals surface area contributed by atoms with E-state index in [1.54, 1.807) is 6.92 Å². The largest absolute Gasteiger partial charge is 0.396 e. The van der Waals surface area contributed by atoms with Gasteiger partial charge in [-0.2, -0.15) is 0 Å². The first-order chi connectivity index (χ1) is 5.54. The summed E-state index contributed by atoms with van der Waals surface area (Å²) in [5.74, 6) is -1.29. The lowest BCUT2D eigenvalue weighted by Crippen LogP contribution is -2.14. The number of amides is 1. The highest BCUT2D eigenvalue weighted by Gasteiger charge is 2.10. The number of rotatable bonds is 1. The molecule has 0 radical (unpaired) electrons. The van der Waals surface area contributed by atoms with Gasteiger partial charge in [0.2, 0.25) is 0 Å². The maximum atomic E-state index is 13.0. The van der Waals surface area contributed by atoms with Gasteiger partial charge in [-0.15, -0.1) is 0 Å². The number of halogens is 1. The van der Waals surface area contributed by atoms with Crippen LogP contribution < -0.4 is 11.5 Å². The summed E-state index contributed by atoms with van der Waals surface area (Å²) in [5.41, 5.74) is 10.5. The minimum atomic E-state index is -0.716. The van der Waals surface area contributed by atoms with Crippen LogP contribution in [0.3, 0.4) is 0 Å². The number of hydrogen-bond acceptors (Lipinski definition) is 2. The van der Waals surface area contributed by atoms with Crippen LogP contribution in [-0.2, 0) is 0 Å². The Morgan fingerprint density at radius 1 is 1.50 bits per heavy atom. The van der Waals surface area contributed by atoms with Gasteiger partial charge in [0, 0.05) is 0 Å². The van der Waals surface area contributed by atoms with E-state index in [0.717, 1.165) is 0 Å². The third kappa shape index (κ3) is 1.23. The van der Waals surface area contributed by atoms with Crippen molar-refractivity contribution in [3.63, 3.8) is 0 Å². The predicted molar refractivity (Wildman–Crippen MR) is 44.1 cm³/mol. The van der Waals surface area contributed by atoms with E-state index in [2.05, 4.69) is 0 Å². The third-order valence-electron chi connectivity index (χ3n) is 1.64. The molecule has 1 rings (SSSR count). The van der Waals surface area contributed by atoms with Gasteiger partial charge in [0.1, 0.15) is 5.82 Å². The third-order valence-corrected chi connectivity index (χ3v) is 1.64. The summed E-state index contributed by atoms with van der Waals surface area (Å²) < 4.78 is 13.0. The van der Waals surface area contributed by atoms with Gasteiger partial charge in [-0.3, -0.25) is 4.79 Å². The van der Waals surface area contributed by atoms with Crippen LogP contribution in [0, 0.1) is 12.7 Å². The van der Waals surface area contributed by atoms with E-state index in [1.165, 1.54) is 12.1 Å². The molecule has 0 unspecified atom stereocenters. The Morgan fingerprint density at radius 2 is 2.08 bits per heavy atom. The van der Waals surface area contributed by atoms with E-state index in [1.807, 2.05) is 0 Å². The summed E-state index contributed by atoms with van der Waals surface area (Å²) in [6, 6.07) is 2.88. The Labute approximate surface area is 69.2 Å². The molecule has 0 aliphatic heterocycles. The van der Waals surface area contributed by atoms with Gasteiger partial charge in [0.05, 0.1) is 11.3 Å². The second-order valence-corrected chi connectivity index (χ2v) is 2.52. The lowest BCUT2D eigenvalue weighted by Gasteiger charge is -2.04. The maximum Gasteiger partial charge on any atom is 0.250 e. The number of primary amides is 1. The molecule has 4 N–H and O–H groups in total. The summed E-state index contributed by atoms with van der Waals surface area (Å²) in [6.07, 6.45) is 0. The van der Waals surface area contributed by atoms with Crippen LogP contribution in [0.25, 0.3) is 0 Å². The van der Waals surface area contributed by atoms with Crippen LogP contribution in [0.5, 0.6) is 0 Å². The Hall–Kier alpha value is -1.58. The van der Waals surface area contributed by atoms with Gasteiger partial charge in [0.25, 0.3) is 5.91 Å². The van der Waals surface area contributed by atoms with Gasteiger partial charge >= 0.3 is 0 Å². The summed E-state index contributed by atoms with van der Waals surface area (Å²) in [7, 11) is 0. The van der Waals surface area contributed by atoms with Crippen molar-refractivity contribution in [3.05, 3.63) is 29.1 Å². The highest BCUT2D eigenvalue weighted by atomic mass is 19.1. The molecule has 0 heterocycles. The SMILES string of the molecule is Cc1ccc(C(N)=O)c(N)c1F. The Morgan fingerprint density at radius 3 is 2.58 bits per heavy atom. The normalized spacial score (nSPS) is 9.83. The van der Waals surface area contributed by atoms with Gasteiger partial charge in [-0.25, -0.2) is 4.39 Å². The molecule has 0 saturated carbocycles. The molecule has 0 aliphatic rings. The molecule has 0 bridgehead atoms. The zero-order valence-electron chi connectivity index (χ0n) is 6.60. The molecule has 0 spiro atoms. The number of nitrogens with two attached hydrogens (primary N) is 2. The van der Waals surface area contributed by atoms with Gasteiger partial charge in [0.15, 0.2) is 0 Å². The fourth-order valence-corrected chi connectivity index (χ4v) is 0.917. The second kappa shape index (κ2) is 2.81. The molecule has 12 heavy (non-hydrogen) atoms. The highest BCUT2D eigenvalue weighted by molar-refractivity contribution is 5.98. The van der Waals surface area contributed by atoms with Crippen molar-refractivity contribution in [2.24, 2.45) is 5.73 Å². The molecular weight excluding hydrogens is 159 g/mol. The molecule has 0 fully saturated rings. The van der Waals surface area contributed by atoms with Crippen molar-refractivity contribution in [3.8, 4) is 0 Å². The van der Waals surface area contributed by atoms with E-state index >= 15 is 0 Å². The first-order valence-corrected chi connectivity index (χ1v) is 3.38. The monoisotopic (exact) mass is 168 g/mol. The number of nitrogen functional groups attached to an aromatic ring is 1. The number of carbonyl (C=O) groups is 1. The molecule has 0 atom stereocenters. The first kappa shape index (κ1) is 8.52. The van der Waals surface area contributed by atoms with Crippen molar-refractivity contribution in [2.75, 3.05) is 5.73 Å². The quantitative estimate of drug-likeness (QED) is 0.609. The molecule has 1 amide bonds. The minimum absolute atomic E-state index is 0.0260. The van der Waals surface area contributed by atoms with Gasteiger partial charge in [-0.1, -0.05) is 6.07 Å². The Kier molecular flexibility index (Phi) is 1.99. The van der Waals surface area contributed by atoms with Crippen LogP contribution in [0.1, 0.15) is 15.9 Å². The first-order valence-electron chi connectivity index (χ1n) is 3.38. The number of aryl methyl sites for hydroxylation is 1. The molecule has 1 aromatic rings. The Balaban J connectivity index is 3.36. The Bertz CT molecular complexity index is 336. The van der Waals surface area contributed by atoms with Gasteiger partial charge < -0.3 is 11.5 Å². The maximum absolute atomic E-state index is 13.0. The average molecular weight is 168 g/mol. The summed E-state index contributed by atoms with van der Waals surface area (Å²) in [5, 5.41) is 0. The van der Waals surface area contributed by atoms with Crippen LogP contribution in [0.15, 0.2) is 12.1 Å². The van der Waals surface area contributed by atoms with E-state index in [0.29, 0.717) is 5.56 Å². The lowest BCUT2D eigenvalue weighted by atomic mass is 10.1. The molecular formula is C8H9FN2O. The predicted octanol–water partition coefficient (Wildman–Crippen LogP) is 0.815. The van der Waals surface area contributed by atoms with Crippen molar-refractivity contribution >= 4 is 11.6 Å². The molecule has 64 valence electrons. The molecule has 4 heteroatoms. The average Bonchev–Trinajstić information content (AvgIpc) is 2.00. The summed E-state index contributed by atoms with van der Waals surface area (Å²) in [4.78, 5) is 10.7. The van der Waals surface area contributed by atoms with Crippen molar-refractivity contribution in [1.82, 2.24) is 0 Å². The summed E-state index contributed by atoms with van der Waals surface area (Å²) in [6.45, 7) is 1.57. The zero-order chi connectivity index (χ0) is 9.30. The van der Waals surface area contributed by atoms with Gasteiger partial charge in [-0.05, 0) is 18.6 Å². The van der Waals surface area contributed by atoms with Crippen molar-refractivity contribution < 1.29 is 9.18 Å². The molecule has 0 aliphatic carbocycles. The number of benzene rings is 1.